The summed E-state index contributed by atoms with van der Waals surface area (Å²) in [6, 6.07) is 85.8. The number of anilines is 6. The first-order valence-electron chi connectivity index (χ1n) is 23.0. The molecule has 0 N–H and O–H groups in total. The normalized spacial score (nSPS) is 13.3. The van der Waals surface area contributed by atoms with Gasteiger partial charge in [0.1, 0.15) is 0 Å². The van der Waals surface area contributed by atoms with E-state index < -0.39 is 0 Å². The Kier molecular flexibility index (Phi) is 7.36. The molecule has 304 valence electrons. The maximum atomic E-state index is 2.52. The van der Waals surface area contributed by atoms with Crippen LogP contribution in [0.5, 0.6) is 0 Å². The lowest BCUT2D eigenvalue weighted by Crippen LogP contribution is -2.78. The zero-order valence-corrected chi connectivity index (χ0v) is 35.9. The summed E-state index contributed by atoms with van der Waals surface area (Å²) in [5.41, 5.74) is 22.5. The Bertz CT molecular complexity index is 3620. The highest BCUT2D eigenvalue weighted by atomic mass is 15.2. The van der Waals surface area contributed by atoms with E-state index in [1.54, 1.807) is 0 Å². The molecule has 0 radical (unpaired) electrons. The van der Waals surface area contributed by atoms with Gasteiger partial charge in [0, 0.05) is 67.0 Å². The van der Waals surface area contributed by atoms with E-state index in [4.69, 9.17) is 0 Å². The van der Waals surface area contributed by atoms with E-state index >= 15 is 0 Å². The van der Waals surface area contributed by atoms with E-state index in [0.29, 0.717) is 0 Å². The summed E-state index contributed by atoms with van der Waals surface area (Å²) in [5, 5.41) is 5.06. The SMILES string of the molecule is c1ccc(N2c3ccc(-n4c5ccccc5c5ccccc54)cc3B3c4cccc5c4B(c4cc(-n6c7ccccc7c7ccccc76)ccc4N5c4ccccc4)c4cccc2c43)cc1. The summed E-state index contributed by atoms with van der Waals surface area (Å²) < 4.78 is 4.93. The fourth-order valence-electron chi connectivity index (χ4n) is 12.2. The van der Waals surface area contributed by atoms with Crippen molar-refractivity contribution in [2.75, 3.05) is 9.80 Å². The fraction of sp³-hybridized carbons (Fsp3) is 0. The lowest BCUT2D eigenvalue weighted by molar-refractivity contribution is 1.18. The molecular formula is C60H38B2N4. The van der Waals surface area contributed by atoms with Crippen molar-refractivity contribution in [2.24, 2.45) is 0 Å². The van der Waals surface area contributed by atoms with E-state index in [-0.39, 0.29) is 13.4 Å². The number of hydrogen-bond donors (Lipinski definition) is 0. The van der Waals surface area contributed by atoms with Gasteiger partial charge in [0.25, 0.3) is 0 Å². The van der Waals surface area contributed by atoms with Crippen LogP contribution in [0.3, 0.4) is 0 Å². The van der Waals surface area contributed by atoms with Crippen LogP contribution < -0.4 is 42.6 Å². The minimum Gasteiger partial charge on any atom is -0.312 e. The summed E-state index contributed by atoms with van der Waals surface area (Å²) in [6.07, 6.45) is 0. The van der Waals surface area contributed by atoms with Crippen LogP contribution in [0.2, 0.25) is 0 Å². The smallest absolute Gasteiger partial charge is 0.245 e. The average molecular weight is 837 g/mol. The highest BCUT2D eigenvalue weighted by Gasteiger charge is 2.48. The number of benzene rings is 10. The van der Waals surface area contributed by atoms with Gasteiger partial charge in [-0.2, -0.15) is 0 Å². The molecular weight excluding hydrogens is 798 g/mol. The standard InChI is InChI=1S/C60H38B2N4/c1-3-17-39(18-4-1)63-55-35-33-41(65-51-27-11-7-21-43(51)44-22-8-12-28-52(44)65)37-49(55)61-48-26-16-32-58-60(48)62(47-25-15-31-57(63)59(47)61)50-38-42(34-36-56(50)64(58)40-19-5-2-6-20-40)66-53-29-13-9-23-45(53)46-24-10-14-30-54(46)66/h1-38H. The predicted octanol–water partition coefficient (Wildman–Crippen LogP) is 10.8. The molecule has 0 saturated heterocycles. The van der Waals surface area contributed by atoms with Gasteiger partial charge in [0.05, 0.1) is 22.1 Å². The highest BCUT2D eigenvalue weighted by Crippen LogP contribution is 2.42. The minimum absolute atomic E-state index is 0.00917. The number of aromatic nitrogens is 2. The molecule has 0 fully saturated rings. The van der Waals surface area contributed by atoms with Crippen LogP contribution in [-0.4, -0.2) is 22.6 Å². The zero-order chi connectivity index (χ0) is 43.0. The van der Waals surface area contributed by atoms with Crippen molar-refractivity contribution in [1.29, 1.82) is 0 Å². The van der Waals surface area contributed by atoms with Gasteiger partial charge >= 0.3 is 0 Å². The molecule has 0 amide bonds. The molecule has 0 aliphatic carbocycles. The molecule has 66 heavy (non-hydrogen) atoms. The first kappa shape index (κ1) is 35.9. The number of hydrogen-bond acceptors (Lipinski definition) is 2. The lowest BCUT2D eigenvalue weighted by atomic mass is 9.19. The number of rotatable bonds is 4. The zero-order valence-electron chi connectivity index (χ0n) is 35.9. The van der Waals surface area contributed by atoms with Crippen LogP contribution >= 0.6 is 0 Å². The molecule has 3 aliphatic rings. The molecule has 0 atom stereocenters. The molecule has 0 saturated carbocycles. The van der Waals surface area contributed by atoms with Crippen molar-refractivity contribution in [3.05, 3.63) is 231 Å². The summed E-state index contributed by atoms with van der Waals surface area (Å²) in [6.45, 7) is -0.0183. The second-order valence-electron chi connectivity index (χ2n) is 18.0. The van der Waals surface area contributed by atoms with Crippen molar-refractivity contribution in [2.45, 2.75) is 0 Å². The molecule has 12 aromatic rings. The van der Waals surface area contributed by atoms with E-state index in [1.807, 2.05) is 0 Å². The van der Waals surface area contributed by atoms with Gasteiger partial charge in [-0.1, -0.05) is 144 Å². The van der Waals surface area contributed by atoms with Crippen LogP contribution in [0, 0.1) is 0 Å². The molecule has 0 bridgehead atoms. The summed E-state index contributed by atoms with van der Waals surface area (Å²) in [7, 11) is 0. The van der Waals surface area contributed by atoms with Gasteiger partial charge in [0.15, 0.2) is 0 Å². The largest absolute Gasteiger partial charge is 0.312 e. The molecule has 0 spiro atoms. The Hall–Kier alpha value is -8.47. The fourth-order valence-corrected chi connectivity index (χ4v) is 12.2. The van der Waals surface area contributed by atoms with Crippen molar-refractivity contribution in [1.82, 2.24) is 9.13 Å². The van der Waals surface area contributed by atoms with Gasteiger partial charge in [-0.05, 0) is 119 Å². The first-order chi connectivity index (χ1) is 32.8. The van der Waals surface area contributed by atoms with Crippen LogP contribution in [0.25, 0.3) is 55.0 Å². The van der Waals surface area contributed by atoms with Crippen LogP contribution in [0.15, 0.2) is 231 Å². The van der Waals surface area contributed by atoms with Crippen molar-refractivity contribution in [3.8, 4) is 11.4 Å². The lowest BCUT2D eigenvalue weighted by Gasteiger charge is -2.46. The Morgan fingerprint density at radius 3 is 0.970 bits per heavy atom. The maximum absolute atomic E-state index is 2.52. The van der Waals surface area contributed by atoms with Crippen LogP contribution in [0.1, 0.15) is 0 Å². The van der Waals surface area contributed by atoms with Gasteiger partial charge in [-0.25, -0.2) is 0 Å². The third-order valence-corrected chi connectivity index (χ3v) is 14.7. The average Bonchev–Trinajstić information content (AvgIpc) is 3.90. The third kappa shape index (κ3) is 4.80. The molecule has 5 heterocycles. The van der Waals surface area contributed by atoms with E-state index in [9.17, 15) is 0 Å². The molecule has 15 rings (SSSR count). The number of nitrogens with zero attached hydrogens (tertiary/aromatic N) is 4. The Morgan fingerprint density at radius 1 is 0.242 bits per heavy atom. The van der Waals surface area contributed by atoms with E-state index in [0.717, 1.165) is 11.4 Å². The number of para-hydroxylation sites is 6. The topological polar surface area (TPSA) is 16.3 Å². The third-order valence-electron chi connectivity index (χ3n) is 14.7. The monoisotopic (exact) mass is 836 g/mol. The second kappa shape index (κ2) is 13.5. The van der Waals surface area contributed by atoms with E-state index in [1.165, 1.54) is 111 Å². The molecule has 3 aliphatic heterocycles. The van der Waals surface area contributed by atoms with Gasteiger partial charge in [-0.3, -0.25) is 0 Å². The predicted molar refractivity (Wildman–Crippen MR) is 280 cm³/mol. The maximum Gasteiger partial charge on any atom is 0.245 e. The van der Waals surface area contributed by atoms with Crippen molar-refractivity contribution >= 4 is 124 Å². The quantitative estimate of drug-likeness (QED) is 0.164. The van der Waals surface area contributed by atoms with Crippen molar-refractivity contribution in [3.63, 3.8) is 0 Å². The molecule has 10 aromatic carbocycles. The van der Waals surface area contributed by atoms with Gasteiger partial charge in [0.2, 0.25) is 13.4 Å². The first-order valence-corrected chi connectivity index (χ1v) is 23.0. The second-order valence-corrected chi connectivity index (χ2v) is 18.0. The van der Waals surface area contributed by atoms with Gasteiger partial charge < -0.3 is 18.9 Å². The summed E-state index contributed by atoms with van der Waals surface area (Å²) in [4.78, 5) is 5.04. The van der Waals surface area contributed by atoms with Crippen LogP contribution in [0.4, 0.5) is 34.1 Å². The Balaban J connectivity index is 1.03. The van der Waals surface area contributed by atoms with Crippen LogP contribution in [-0.2, 0) is 0 Å². The van der Waals surface area contributed by atoms with Gasteiger partial charge in [-0.15, -0.1) is 0 Å². The highest BCUT2D eigenvalue weighted by molar-refractivity contribution is 7.13. The molecule has 4 nitrogen and oxygen atoms in total. The summed E-state index contributed by atoms with van der Waals surface area (Å²) >= 11 is 0. The Labute approximate surface area is 383 Å². The number of fused-ring (bicyclic) bond motifs is 12. The molecule has 2 aromatic heterocycles. The molecule has 0 unspecified atom stereocenters. The Morgan fingerprint density at radius 2 is 0.591 bits per heavy atom. The summed E-state index contributed by atoms with van der Waals surface area (Å²) in [5.74, 6) is 0. The van der Waals surface area contributed by atoms with E-state index in [2.05, 4.69) is 249 Å². The minimum atomic E-state index is -0.00917. The molecule has 6 heteroatoms. The van der Waals surface area contributed by atoms with Crippen molar-refractivity contribution < 1.29 is 0 Å².